The Hall–Kier alpha value is -4.35. The van der Waals surface area contributed by atoms with E-state index in [4.69, 9.17) is 4.74 Å². The average Bonchev–Trinajstić information content (AvgIpc) is 3.37. The van der Waals surface area contributed by atoms with Gasteiger partial charge in [-0.25, -0.2) is 9.07 Å². The van der Waals surface area contributed by atoms with Crippen molar-refractivity contribution >= 4 is 17.7 Å². The highest BCUT2D eigenvalue weighted by molar-refractivity contribution is 5.99. The molecule has 1 aliphatic heterocycles. The summed E-state index contributed by atoms with van der Waals surface area (Å²) in [5, 5.41) is 13.9. The van der Waals surface area contributed by atoms with Gasteiger partial charge in [0, 0.05) is 38.4 Å². The van der Waals surface area contributed by atoms with E-state index in [0.29, 0.717) is 37.3 Å². The maximum absolute atomic E-state index is 14.1. The summed E-state index contributed by atoms with van der Waals surface area (Å²) < 4.78 is 21.5. The average molecular weight is 538 g/mol. The molecular formula is C27H32FN7O4. The summed E-state index contributed by atoms with van der Waals surface area (Å²) in [4.78, 5) is 45.2. The van der Waals surface area contributed by atoms with Crippen LogP contribution in [0.4, 0.5) is 4.39 Å². The van der Waals surface area contributed by atoms with Gasteiger partial charge in [0.2, 0.25) is 5.91 Å². The number of carbonyl (C=O) groups excluding carboxylic acids is 3. The Labute approximate surface area is 225 Å². The highest BCUT2D eigenvalue weighted by Crippen LogP contribution is 2.21. The van der Waals surface area contributed by atoms with Gasteiger partial charge in [-0.15, -0.1) is 5.10 Å². The number of aromatic nitrogens is 4. The van der Waals surface area contributed by atoms with Crippen LogP contribution in [-0.2, 0) is 17.8 Å². The van der Waals surface area contributed by atoms with Crippen molar-refractivity contribution in [2.45, 2.75) is 39.3 Å². The predicted octanol–water partition coefficient (Wildman–Crippen LogP) is 1.85. The first-order valence-corrected chi connectivity index (χ1v) is 12.9. The van der Waals surface area contributed by atoms with Crippen molar-refractivity contribution in [2.75, 3.05) is 26.2 Å². The molecule has 1 atom stereocenters. The van der Waals surface area contributed by atoms with E-state index in [1.165, 1.54) is 12.1 Å². The van der Waals surface area contributed by atoms with Crippen LogP contribution in [0.15, 0.2) is 48.8 Å². The normalized spacial score (nSPS) is 17.3. The van der Waals surface area contributed by atoms with Gasteiger partial charge in [0.25, 0.3) is 11.8 Å². The molecule has 3 heterocycles. The van der Waals surface area contributed by atoms with Crippen molar-refractivity contribution in [3.63, 3.8) is 0 Å². The lowest BCUT2D eigenvalue weighted by molar-refractivity contribution is -0.123. The topological polar surface area (TPSA) is 131 Å². The minimum Gasteiger partial charge on any atom is -0.491 e. The quantitative estimate of drug-likeness (QED) is 0.521. The molecule has 4 rings (SSSR count). The van der Waals surface area contributed by atoms with Crippen LogP contribution in [0, 0.1) is 11.7 Å². The zero-order valence-electron chi connectivity index (χ0n) is 22.0. The third-order valence-electron chi connectivity index (χ3n) is 6.17. The van der Waals surface area contributed by atoms with Crippen LogP contribution in [0.1, 0.15) is 46.8 Å². The fourth-order valence-electron chi connectivity index (χ4n) is 4.21. The van der Waals surface area contributed by atoms with E-state index in [-0.39, 0.29) is 42.8 Å². The number of rotatable bonds is 3. The highest BCUT2D eigenvalue weighted by atomic mass is 19.1. The molecule has 2 N–H and O–H groups in total. The van der Waals surface area contributed by atoms with Gasteiger partial charge in [0.05, 0.1) is 17.8 Å². The lowest BCUT2D eigenvalue weighted by Crippen LogP contribution is -2.49. The summed E-state index contributed by atoms with van der Waals surface area (Å²) in [7, 11) is 0. The first-order chi connectivity index (χ1) is 18.8. The Morgan fingerprint density at radius 3 is 2.79 bits per heavy atom. The monoisotopic (exact) mass is 537 g/mol. The third-order valence-corrected chi connectivity index (χ3v) is 6.17. The number of halogens is 1. The predicted molar refractivity (Wildman–Crippen MR) is 139 cm³/mol. The fraction of sp³-hybridized carbons (Fsp3) is 0.407. The third kappa shape index (κ3) is 7.59. The van der Waals surface area contributed by atoms with Crippen LogP contribution in [0.3, 0.4) is 0 Å². The van der Waals surface area contributed by atoms with Crippen LogP contribution in [0.5, 0.6) is 5.75 Å². The van der Waals surface area contributed by atoms with Gasteiger partial charge in [0.15, 0.2) is 0 Å². The van der Waals surface area contributed by atoms with Crippen LogP contribution < -0.4 is 15.4 Å². The number of hydrogen-bond donors (Lipinski definition) is 2. The molecule has 11 nitrogen and oxygen atoms in total. The number of ether oxygens (including phenoxy) is 1. The molecule has 0 unspecified atom stereocenters. The maximum atomic E-state index is 14.1. The number of pyridine rings is 1. The van der Waals surface area contributed by atoms with E-state index in [1.54, 1.807) is 40.2 Å². The second kappa shape index (κ2) is 12.9. The van der Waals surface area contributed by atoms with Crippen LogP contribution in [0.2, 0.25) is 0 Å². The molecule has 1 aromatic carbocycles. The van der Waals surface area contributed by atoms with Crippen LogP contribution >= 0.6 is 0 Å². The maximum Gasteiger partial charge on any atom is 0.272 e. The zero-order chi connectivity index (χ0) is 27.8. The molecule has 12 heteroatoms. The van der Waals surface area contributed by atoms with Gasteiger partial charge in [-0.3, -0.25) is 19.4 Å². The van der Waals surface area contributed by atoms with Crippen molar-refractivity contribution in [1.82, 2.24) is 35.5 Å². The van der Waals surface area contributed by atoms with Gasteiger partial charge in [-0.05, 0) is 42.7 Å². The molecule has 2 aromatic heterocycles. The van der Waals surface area contributed by atoms with Crippen molar-refractivity contribution < 1.29 is 23.5 Å². The van der Waals surface area contributed by atoms with E-state index in [1.807, 2.05) is 13.8 Å². The molecule has 0 fully saturated rings. The summed E-state index contributed by atoms with van der Waals surface area (Å²) in [6.07, 6.45) is 4.12. The Balaban J connectivity index is 1.59. The molecule has 206 valence electrons. The number of hydrogen-bond acceptors (Lipinski definition) is 7. The van der Waals surface area contributed by atoms with E-state index in [2.05, 4.69) is 25.9 Å². The second-order valence-corrected chi connectivity index (χ2v) is 9.67. The first-order valence-electron chi connectivity index (χ1n) is 12.9. The Morgan fingerprint density at radius 1 is 1.18 bits per heavy atom. The summed E-state index contributed by atoms with van der Waals surface area (Å²) in [6.45, 7) is 5.07. The smallest absolute Gasteiger partial charge is 0.272 e. The second-order valence-electron chi connectivity index (χ2n) is 9.67. The number of benzene rings is 1. The number of carbonyl (C=O) groups is 3. The molecule has 0 aliphatic carbocycles. The molecule has 3 aromatic rings. The number of nitrogens with zero attached hydrogens (tertiary/aromatic N) is 5. The number of fused-ring (bicyclic) bond motifs is 3. The van der Waals surface area contributed by atoms with Crippen molar-refractivity contribution in [3.05, 3.63) is 71.6 Å². The SMILES string of the molecule is CC(C)C[C@H]1NC(=O)c2cc(F)ccc2OCCn2cc(nn2)CCN(C(=O)c2ccccn2)CCNC1=O. The standard InChI is InChI=1S/C27H32FN7O4/c1-18(2)15-23-26(37)30-10-12-34(27(38)22-5-3-4-9-29-22)11-8-20-17-35(33-32-20)13-14-39-24-7-6-19(28)16-21(24)25(36)31-23/h3-7,9,16-18,23H,8,10-15H2,1-2H3,(H,30,37)(H,31,36)/t23-/m1/s1. The molecule has 0 saturated carbocycles. The molecule has 1 aliphatic rings. The van der Waals surface area contributed by atoms with Crippen LogP contribution in [0.25, 0.3) is 0 Å². The molecule has 0 radical (unpaired) electrons. The fourth-order valence-corrected chi connectivity index (χ4v) is 4.21. The van der Waals surface area contributed by atoms with E-state index in [0.717, 1.165) is 6.07 Å². The molecule has 2 bridgehead atoms. The molecular weight excluding hydrogens is 505 g/mol. The van der Waals surface area contributed by atoms with E-state index in [9.17, 15) is 18.8 Å². The molecule has 0 spiro atoms. The van der Waals surface area contributed by atoms with E-state index < -0.39 is 23.7 Å². The van der Waals surface area contributed by atoms with Crippen LogP contribution in [-0.4, -0.2) is 74.9 Å². The Kier molecular flexibility index (Phi) is 9.18. The summed E-state index contributed by atoms with van der Waals surface area (Å²) in [6, 6.07) is 7.92. The van der Waals surface area contributed by atoms with Gasteiger partial charge in [-0.2, -0.15) is 0 Å². The van der Waals surface area contributed by atoms with E-state index >= 15 is 0 Å². The number of amides is 3. The van der Waals surface area contributed by atoms with Crippen molar-refractivity contribution in [2.24, 2.45) is 5.92 Å². The first kappa shape index (κ1) is 27.7. The van der Waals surface area contributed by atoms with Crippen molar-refractivity contribution in [3.8, 4) is 5.75 Å². The highest BCUT2D eigenvalue weighted by Gasteiger charge is 2.25. The Bertz CT molecular complexity index is 1300. The molecule has 3 amide bonds. The lowest BCUT2D eigenvalue weighted by atomic mass is 10.0. The minimum atomic E-state index is -0.864. The molecule has 39 heavy (non-hydrogen) atoms. The van der Waals surface area contributed by atoms with Gasteiger partial charge in [-0.1, -0.05) is 25.1 Å². The van der Waals surface area contributed by atoms with Gasteiger partial charge < -0.3 is 20.3 Å². The Morgan fingerprint density at radius 2 is 2.03 bits per heavy atom. The minimum absolute atomic E-state index is 0.0101. The summed E-state index contributed by atoms with van der Waals surface area (Å²) in [5.74, 6) is -1.60. The van der Waals surface area contributed by atoms with Gasteiger partial charge in [0.1, 0.15) is 29.9 Å². The summed E-state index contributed by atoms with van der Waals surface area (Å²) in [5.41, 5.74) is 0.963. The number of nitrogens with one attached hydrogen (secondary N) is 2. The van der Waals surface area contributed by atoms with Crippen molar-refractivity contribution in [1.29, 1.82) is 0 Å². The van der Waals surface area contributed by atoms with Gasteiger partial charge >= 0.3 is 0 Å². The molecule has 0 saturated heterocycles. The lowest BCUT2D eigenvalue weighted by Gasteiger charge is -2.24. The zero-order valence-corrected chi connectivity index (χ0v) is 22.0. The summed E-state index contributed by atoms with van der Waals surface area (Å²) >= 11 is 0. The largest absolute Gasteiger partial charge is 0.491 e.